The number of benzene rings is 1. The topological polar surface area (TPSA) is 15.3 Å². The van der Waals surface area contributed by atoms with E-state index in [0.717, 1.165) is 24.1 Å². The van der Waals surface area contributed by atoms with Crippen LogP contribution in [0.25, 0.3) is 0 Å². The minimum atomic E-state index is 0.911. The Balaban J connectivity index is 2.18. The molecule has 0 fully saturated rings. The monoisotopic (exact) mass is 338 g/mol. The lowest BCUT2D eigenvalue weighted by Crippen LogP contribution is -2.20. The first-order chi connectivity index (χ1) is 9.20. The van der Waals surface area contributed by atoms with Crippen molar-refractivity contribution >= 4 is 33.0 Å². The molecule has 0 aliphatic rings. The largest absolute Gasteiger partial charge is 0.369 e. The standard InChI is InChI=1S/C15H19BrN2S/c1-3-17-10-12-6-7-13(16)9-15(12)18(2)11-14-5-4-8-19-14/h4-9,17H,3,10-11H2,1-2H3. The first-order valence-electron chi connectivity index (χ1n) is 6.43. The third kappa shape index (κ3) is 4.06. The molecule has 2 aromatic rings. The number of halogens is 1. The maximum absolute atomic E-state index is 3.57. The third-order valence-corrected chi connectivity index (χ3v) is 4.35. The van der Waals surface area contributed by atoms with Crippen molar-refractivity contribution in [3.8, 4) is 0 Å². The highest BCUT2D eigenvalue weighted by Crippen LogP contribution is 2.26. The number of rotatable bonds is 6. The summed E-state index contributed by atoms with van der Waals surface area (Å²) >= 11 is 5.37. The van der Waals surface area contributed by atoms with Gasteiger partial charge in [0.05, 0.1) is 6.54 Å². The van der Waals surface area contributed by atoms with Gasteiger partial charge in [-0.25, -0.2) is 0 Å². The summed E-state index contributed by atoms with van der Waals surface area (Å²) in [5.74, 6) is 0. The van der Waals surface area contributed by atoms with Crippen LogP contribution in [-0.2, 0) is 13.1 Å². The highest BCUT2D eigenvalue weighted by molar-refractivity contribution is 9.10. The van der Waals surface area contributed by atoms with Gasteiger partial charge in [-0.3, -0.25) is 0 Å². The summed E-state index contributed by atoms with van der Waals surface area (Å²) in [6.07, 6.45) is 0. The third-order valence-electron chi connectivity index (χ3n) is 3.00. The smallest absolute Gasteiger partial charge is 0.0519 e. The second kappa shape index (κ2) is 7.08. The average Bonchev–Trinajstić information content (AvgIpc) is 2.90. The molecule has 0 unspecified atom stereocenters. The molecule has 1 aromatic heterocycles. The molecule has 0 radical (unpaired) electrons. The molecule has 19 heavy (non-hydrogen) atoms. The van der Waals surface area contributed by atoms with E-state index in [0.29, 0.717) is 0 Å². The van der Waals surface area contributed by atoms with Crippen LogP contribution in [0.2, 0.25) is 0 Å². The quantitative estimate of drug-likeness (QED) is 0.846. The number of nitrogens with zero attached hydrogens (tertiary/aromatic N) is 1. The summed E-state index contributed by atoms with van der Waals surface area (Å²) in [5, 5.41) is 5.53. The van der Waals surface area contributed by atoms with E-state index >= 15 is 0 Å². The molecule has 2 rings (SSSR count). The van der Waals surface area contributed by atoms with Crippen molar-refractivity contribution in [2.75, 3.05) is 18.5 Å². The van der Waals surface area contributed by atoms with Crippen LogP contribution in [0.1, 0.15) is 17.4 Å². The van der Waals surface area contributed by atoms with Gasteiger partial charge >= 0.3 is 0 Å². The fourth-order valence-electron chi connectivity index (χ4n) is 2.02. The zero-order chi connectivity index (χ0) is 13.7. The van der Waals surface area contributed by atoms with Gasteiger partial charge in [-0.2, -0.15) is 0 Å². The lowest BCUT2D eigenvalue weighted by Gasteiger charge is -2.22. The normalized spacial score (nSPS) is 10.7. The molecule has 0 saturated heterocycles. The van der Waals surface area contributed by atoms with E-state index < -0.39 is 0 Å². The molecular formula is C15H19BrN2S. The van der Waals surface area contributed by atoms with Gasteiger partial charge < -0.3 is 10.2 Å². The van der Waals surface area contributed by atoms with Crippen molar-refractivity contribution in [1.82, 2.24) is 5.32 Å². The molecule has 0 bridgehead atoms. The van der Waals surface area contributed by atoms with Gasteiger partial charge in [0.25, 0.3) is 0 Å². The van der Waals surface area contributed by atoms with Crippen molar-refractivity contribution in [2.45, 2.75) is 20.0 Å². The van der Waals surface area contributed by atoms with Gasteiger partial charge in [0.2, 0.25) is 0 Å². The van der Waals surface area contributed by atoms with Gasteiger partial charge in [-0.1, -0.05) is 35.0 Å². The fourth-order valence-corrected chi connectivity index (χ4v) is 3.13. The molecule has 2 nitrogen and oxygen atoms in total. The van der Waals surface area contributed by atoms with Crippen LogP contribution in [0.5, 0.6) is 0 Å². The summed E-state index contributed by atoms with van der Waals surface area (Å²) in [4.78, 5) is 3.69. The van der Waals surface area contributed by atoms with Gasteiger partial charge in [0, 0.05) is 28.6 Å². The van der Waals surface area contributed by atoms with Crippen molar-refractivity contribution in [3.63, 3.8) is 0 Å². The number of hydrogen-bond acceptors (Lipinski definition) is 3. The summed E-state index contributed by atoms with van der Waals surface area (Å²) in [6.45, 7) is 4.99. The Bertz CT molecular complexity index is 511. The lowest BCUT2D eigenvalue weighted by molar-refractivity contribution is 0.723. The number of hydrogen-bond donors (Lipinski definition) is 1. The highest BCUT2D eigenvalue weighted by atomic mass is 79.9. The molecule has 0 aliphatic heterocycles. The first kappa shape index (κ1) is 14.6. The first-order valence-corrected chi connectivity index (χ1v) is 8.10. The Hall–Kier alpha value is -0.840. The molecule has 1 N–H and O–H groups in total. The van der Waals surface area contributed by atoms with Crippen LogP contribution in [0.3, 0.4) is 0 Å². The zero-order valence-electron chi connectivity index (χ0n) is 11.3. The van der Waals surface area contributed by atoms with E-state index in [2.05, 4.69) is 75.8 Å². The van der Waals surface area contributed by atoms with Crippen LogP contribution in [0.4, 0.5) is 5.69 Å². The van der Waals surface area contributed by atoms with Crippen LogP contribution < -0.4 is 10.2 Å². The van der Waals surface area contributed by atoms with Crippen LogP contribution in [0.15, 0.2) is 40.2 Å². The van der Waals surface area contributed by atoms with Crippen molar-refractivity contribution in [2.24, 2.45) is 0 Å². The van der Waals surface area contributed by atoms with Crippen LogP contribution >= 0.6 is 27.3 Å². The minimum Gasteiger partial charge on any atom is -0.369 e. The Morgan fingerprint density at radius 2 is 2.16 bits per heavy atom. The molecule has 0 aliphatic carbocycles. The van der Waals surface area contributed by atoms with Crippen LogP contribution in [0, 0.1) is 0 Å². The Kier molecular flexibility index (Phi) is 5.43. The lowest BCUT2D eigenvalue weighted by atomic mass is 10.1. The molecule has 1 aromatic carbocycles. The summed E-state index contributed by atoms with van der Waals surface area (Å²) in [6, 6.07) is 10.8. The predicted octanol–water partition coefficient (Wildman–Crippen LogP) is 4.26. The van der Waals surface area contributed by atoms with E-state index in [1.807, 2.05) is 0 Å². The maximum Gasteiger partial charge on any atom is 0.0519 e. The molecule has 1 heterocycles. The van der Waals surface area contributed by atoms with Crippen molar-refractivity contribution < 1.29 is 0 Å². The average molecular weight is 339 g/mol. The van der Waals surface area contributed by atoms with Gasteiger partial charge in [0.15, 0.2) is 0 Å². The van der Waals surface area contributed by atoms with Crippen molar-refractivity contribution in [1.29, 1.82) is 0 Å². The molecule has 4 heteroatoms. The number of thiophene rings is 1. The van der Waals surface area contributed by atoms with E-state index in [1.165, 1.54) is 16.1 Å². The number of nitrogens with one attached hydrogen (secondary N) is 1. The van der Waals surface area contributed by atoms with E-state index in [9.17, 15) is 0 Å². The molecule has 102 valence electrons. The summed E-state index contributed by atoms with van der Waals surface area (Å²) in [5.41, 5.74) is 2.62. The molecule has 0 saturated carbocycles. The van der Waals surface area contributed by atoms with E-state index in [4.69, 9.17) is 0 Å². The van der Waals surface area contributed by atoms with E-state index in [-0.39, 0.29) is 0 Å². The minimum absolute atomic E-state index is 0.911. The molecule has 0 spiro atoms. The van der Waals surface area contributed by atoms with Gasteiger partial charge in [-0.15, -0.1) is 11.3 Å². The van der Waals surface area contributed by atoms with Gasteiger partial charge in [-0.05, 0) is 35.7 Å². The van der Waals surface area contributed by atoms with Gasteiger partial charge in [0.1, 0.15) is 0 Å². The summed E-state index contributed by atoms with van der Waals surface area (Å²) in [7, 11) is 2.15. The second-order valence-corrected chi connectivity index (χ2v) is 6.44. The summed E-state index contributed by atoms with van der Waals surface area (Å²) < 4.78 is 1.13. The Labute approximate surface area is 127 Å². The SMILES string of the molecule is CCNCc1ccc(Br)cc1N(C)Cc1cccs1. The molecular weight excluding hydrogens is 320 g/mol. The Morgan fingerprint density at radius 1 is 1.32 bits per heavy atom. The number of anilines is 1. The highest BCUT2D eigenvalue weighted by Gasteiger charge is 2.09. The molecule has 0 amide bonds. The zero-order valence-corrected chi connectivity index (χ0v) is 13.7. The second-order valence-electron chi connectivity index (χ2n) is 4.49. The van der Waals surface area contributed by atoms with E-state index in [1.54, 1.807) is 11.3 Å². The predicted molar refractivity (Wildman–Crippen MR) is 87.9 cm³/mol. The van der Waals surface area contributed by atoms with Crippen molar-refractivity contribution in [3.05, 3.63) is 50.6 Å². The van der Waals surface area contributed by atoms with Crippen LogP contribution in [-0.4, -0.2) is 13.6 Å². The maximum atomic E-state index is 3.57. The Morgan fingerprint density at radius 3 is 2.84 bits per heavy atom. The molecule has 0 atom stereocenters. The fraction of sp³-hybridized carbons (Fsp3) is 0.333.